The van der Waals surface area contributed by atoms with E-state index in [1.807, 2.05) is 0 Å². The van der Waals surface area contributed by atoms with Gasteiger partial charge in [-0.1, -0.05) is 12.1 Å². The van der Waals surface area contributed by atoms with Crippen LogP contribution in [0.5, 0.6) is 0 Å². The number of nitrogens with two attached hydrogens (primary N) is 1. The second-order valence-corrected chi connectivity index (χ2v) is 3.07. The Bertz CT molecular complexity index is 427. The van der Waals surface area contributed by atoms with E-state index in [0.717, 1.165) is 0 Å². The van der Waals surface area contributed by atoms with Crippen LogP contribution in [0.4, 0.5) is 21.5 Å². The summed E-state index contributed by atoms with van der Waals surface area (Å²) in [5, 5.41) is 2.90. The Morgan fingerprint density at radius 1 is 1.13 bits per heavy atom. The average molecular weight is 203 g/mol. The molecule has 1 aromatic carbocycles. The molecule has 2 aromatic rings. The van der Waals surface area contributed by atoms with Crippen LogP contribution in [0.1, 0.15) is 0 Å². The highest BCUT2D eigenvalue weighted by atomic mass is 19.1. The van der Waals surface area contributed by atoms with Crippen LogP contribution >= 0.6 is 0 Å². The lowest BCUT2D eigenvalue weighted by atomic mass is 10.2. The van der Waals surface area contributed by atoms with Crippen LogP contribution in [0.25, 0.3) is 0 Å². The topological polar surface area (TPSA) is 50.9 Å². The van der Waals surface area contributed by atoms with Gasteiger partial charge in [0.25, 0.3) is 0 Å². The van der Waals surface area contributed by atoms with Crippen molar-refractivity contribution in [2.75, 3.05) is 11.1 Å². The summed E-state index contributed by atoms with van der Waals surface area (Å²) in [5.74, 6) is -0.311. The Labute approximate surface area is 86.8 Å². The molecule has 3 N–H and O–H groups in total. The van der Waals surface area contributed by atoms with E-state index in [2.05, 4.69) is 10.3 Å². The first-order valence-electron chi connectivity index (χ1n) is 4.48. The summed E-state index contributed by atoms with van der Waals surface area (Å²) in [6.45, 7) is 0. The van der Waals surface area contributed by atoms with Crippen molar-refractivity contribution in [3.05, 3.63) is 48.5 Å². The molecule has 76 valence electrons. The molecule has 0 spiro atoms. The number of nitrogens with zero attached hydrogens (tertiary/aromatic N) is 1. The Morgan fingerprint density at radius 2 is 1.93 bits per heavy atom. The van der Waals surface area contributed by atoms with Crippen LogP contribution in [0, 0.1) is 5.82 Å². The third-order valence-corrected chi connectivity index (χ3v) is 2.00. The summed E-state index contributed by atoms with van der Waals surface area (Å²) in [6, 6.07) is 8.12. The molecular formula is C11H10FN3. The minimum atomic E-state index is -0.311. The summed E-state index contributed by atoms with van der Waals surface area (Å²) < 4.78 is 13.3. The lowest BCUT2D eigenvalue weighted by Gasteiger charge is -2.08. The van der Waals surface area contributed by atoms with Gasteiger partial charge in [0.1, 0.15) is 5.82 Å². The van der Waals surface area contributed by atoms with Crippen LogP contribution in [0.15, 0.2) is 42.7 Å². The van der Waals surface area contributed by atoms with Gasteiger partial charge in [0.15, 0.2) is 0 Å². The van der Waals surface area contributed by atoms with Crippen molar-refractivity contribution in [1.82, 2.24) is 4.98 Å². The van der Waals surface area contributed by atoms with Crippen LogP contribution in [-0.2, 0) is 0 Å². The molecule has 0 fully saturated rings. The van der Waals surface area contributed by atoms with Crippen molar-refractivity contribution < 1.29 is 4.39 Å². The standard InChI is InChI=1S/C11H10FN3/c12-8-3-1-2-4-10(8)15-11-5-6-14-7-9(11)13/h1-7H,13H2,(H,14,15). The number of hydrogen-bond donors (Lipinski definition) is 2. The number of nitrogens with one attached hydrogen (secondary N) is 1. The Hall–Kier alpha value is -2.10. The third-order valence-electron chi connectivity index (χ3n) is 2.00. The smallest absolute Gasteiger partial charge is 0.146 e. The van der Waals surface area contributed by atoms with Crippen LogP contribution in [0.2, 0.25) is 0 Å². The fraction of sp³-hybridized carbons (Fsp3) is 0. The first kappa shape index (κ1) is 9.45. The minimum Gasteiger partial charge on any atom is -0.396 e. The Morgan fingerprint density at radius 3 is 2.67 bits per heavy atom. The van der Waals surface area contributed by atoms with E-state index >= 15 is 0 Å². The van der Waals surface area contributed by atoms with E-state index in [-0.39, 0.29) is 5.82 Å². The minimum absolute atomic E-state index is 0.311. The zero-order valence-corrected chi connectivity index (χ0v) is 7.94. The summed E-state index contributed by atoms with van der Waals surface area (Å²) >= 11 is 0. The maximum Gasteiger partial charge on any atom is 0.146 e. The molecule has 1 heterocycles. The quantitative estimate of drug-likeness (QED) is 0.788. The molecule has 3 nitrogen and oxygen atoms in total. The fourth-order valence-corrected chi connectivity index (χ4v) is 1.23. The molecule has 0 saturated carbocycles. The molecule has 0 aliphatic heterocycles. The molecule has 0 saturated heterocycles. The van der Waals surface area contributed by atoms with Crippen LogP contribution < -0.4 is 11.1 Å². The van der Waals surface area contributed by atoms with Gasteiger partial charge in [0, 0.05) is 6.20 Å². The van der Waals surface area contributed by atoms with Crippen molar-refractivity contribution >= 4 is 17.1 Å². The SMILES string of the molecule is Nc1cnccc1Nc1ccccc1F. The molecule has 4 heteroatoms. The molecule has 0 atom stereocenters. The van der Waals surface area contributed by atoms with Crippen molar-refractivity contribution in [2.24, 2.45) is 0 Å². The van der Waals surface area contributed by atoms with Gasteiger partial charge in [-0.05, 0) is 18.2 Å². The van der Waals surface area contributed by atoms with E-state index in [9.17, 15) is 4.39 Å². The zero-order valence-electron chi connectivity index (χ0n) is 7.94. The second-order valence-electron chi connectivity index (χ2n) is 3.07. The number of aromatic nitrogens is 1. The van der Waals surface area contributed by atoms with Gasteiger partial charge in [0.05, 0.1) is 23.3 Å². The number of pyridine rings is 1. The molecule has 2 rings (SSSR count). The predicted molar refractivity (Wildman–Crippen MR) is 58.3 cm³/mol. The summed E-state index contributed by atoms with van der Waals surface area (Å²) in [4.78, 5) is 3.85. The number of benzene rings is 1. The largest absolute Gasteiger partial charge is 0.396 e. The molecular weight excluding hydrogens is 193 g/mol. The highest BCUT2D eigenvalue weighted by Gasteiger charge is 2.02. The highest BCUT2D eigenvalue weighted by molar-refractivity contribution is 5.71. The molecule has 15 heavy (non-hydrogen) atoms. The zero-order chi connectivity index (χ0) is 10.7. The number of hydrogen-bond acceptors (Lipinski definition) is 3. The van der Waals surface area contributed by atoms with Gasteiger partial charge in [-0.15, -0.1) is 0 Å². The number of anilines is 3. The van der Waals surface area contributed by atoms with Gasteiger partial charge in [-0.2, -0.15) is 0 Å². The van der Waals surface area contributed by atoms with Crippen LogP contribution in [-0.4, -0.2) is 4.98 Å². The van der Waals surface area contributed by atoms with Crippen molar-refractivity contribution in [1.29, 1.82) is 0 Å². The summed E-state index contributed by atoms with van der Waals surface area (Å²) in [5.41, 5.74) is 7.20. The van der Waals surface area contributed by atoms with Gasteiger partial charge in [-0.3, -0.25) is 4.98 Å². The second kappa shape index (κ2) is 3.96. The van der Waals surface area contributed by atoms with E-state index < -0.39 is 0 Å². The van der Waals surface area contributed by atoms with Crippen molar-refractivity contribution in [3.8, 4) is 0 Å². The lowest BCUT2D eigenvalue weighted by molar-refractivity contribution is 0.632. The third kappa shape index (κ3) is 2.04. The summed E-state index contributed by atoms with van der Waals surface area (Å²) in [7, 11) is 0. The van der Waals surface area contributed by atoms with Gasteiger partial charge >= 0.3 is 0 Å². The molecule has 1 aromatic heterocycles. The van der Waals surface area contributed by atoms with E-state index in [0.29, 0.717) is 17.1 Å². The first-order valence-corrected chi connectivity index (χ1v) is 4.48. The lowest BCUT2D eigenvalue weighted by Crippen LogP contribution is -1.98. The van der Waals surface area contributed by atoms with Gasteiger partial charge in [0.2, 0.25) is 0 Å². The normalized spacial score (nSPS) is 9.93. The Balaban J connectivity index is 2.30. The maximum absolute atomic E-state index is 13.3. The number of para-hydroxylation sites is 1. The monoisotopic (exact) mass is 203 g/mol. The first-order chi connectivity index (χ1) is 7.27. The van der Waals surface area contributed by atoms with E-state index in [4.69, 9.17) is 5.73 Å². The number of rotatable bonds is 2. The maximum atomic E-state index is 13.3. The van der Waals surface area contributed by atoms with Gasteiger partial charge in [-0.25, -0.2) is 4.39 Å². The van der Waals surface area contributed by atoms with E-state index in [1.54, 1.807) is 30.5 Å². The van der Waals surface area contributed by atoms with Crippen LogP contribution in [0.3, 0.4) is 0 Å². The average Bonchev–Trinajstić information content (AvgIpc) is 2.24. The molecule has 0 radical (unpaired) electrons. The summed E-state index contributed by atoms with van der Waals surface area (Å²) in [6.07, 6.45) is 3.11. The predicted octanol–water partition coefficient (Wildman–Crippen LogP) is 2.55. The fourth-order valence-electron chi connectivity index (χ4n) is 1.23. The molecule has 0 aliphatic carbocycles. The van der Waals surface area contributed by atoms with Gasteiger partial charge < -0.3 is 11.1 Å². The Kier molecular flexibility index (Phi) is 2.49. The van der Waals surface area contributed by atoms with Crippen molar-refractivity contribution in [2.45, 2.75) is 0 Å². The molecule has 0 aliphatic rings. The molecule has 0 amide bonds. The number of nitrogen functional groups attached to an aromatic ring is 1. The molecule has 0 bridgehead atoms. The van der Waals surface area contributed by atoms with E-state index in [1.165, 1.54) is 12.3 Å². The number of halogens is 1. The van der Waals surface area contributed by atoms with Crippen molar-refractivity contribution in [3.63, 3.8) is 0 Å². The highest BCUT2D eigenvalue weighted by Crippen LogP contribution is 2.23. The molecule has 0 unspecified atom stereocenters.